The van der Waals surface area contributed by atoms with E-state index >= 15 is 0 Å². The van der Waals surface area contributed by atoms with Crippen LogP contribution in [-0.4, -0.2) is 58.0 Å². The molecule has 0 radical (unpaired) electrons. The number of sulfonamides is 1. The summed E-state index contributed by atoms with van der Waals surface area (Å²) < 4.78 is 34.6. The number of hydrogen-bond donors (Lipinski definition) is 3. The molecule has 2 aromatic carbocycles. The number of fused-ring (bicyclic) bond motifs is 1. The molecule has 10 heteroatoms. The lowest BCUT2D eigenvalue weighted by Gasteiger charge is -2.31. The summed E-state index contributed by atoms with van der Waals surface area (Å²) in [7, 11) is -3.91. The number of anilines is 2. The summed E-state index contributed by atoms with van der Waals surface area (Å²) in [4.78, 5) is 25.7. The van der Waals surface area contributed by atoms with Gasteiger partial charge in [0.15, 0.2) is 0 Å². The summed E-state index contributed by atoms with van der Waals surface area (Å²) in [6.45, 7) is 3.20. The molecule has 2 aliphatic heterocycles. The zero-order valence-electron chi connectivity index (χ0n) is 16.8. The molecule has 31 heavy (non-hydrogen) atoms. The normalized spacial score (nSPS) is 18.5. The standard InChI is InChI=1S/C21H24N4O5S/c26-20-13-21(27)23-18-12-16(6-7-17(18)22-20)31(28,29)24-19(15-4-2-1-3-5-15)14-25-8-10-30-11-9-25/h1-7,12,19,24H,8-11,13-14H2,(H,22,26)(H,23,27). The third-order valence-corrected chi connectivity index (χ3v) is 6.68. The molecular weight excluding hydrogens is 420 g/mol. The summed E-state index contributed by atoms with van der Waals surface area (Å²) in [5.41, 5.74) is 1.47. The van der Waals surface area contributed by atoms with E-state index in [9.17, 15) is 18.0 Å². The van der Waals surface area contributed by atoms with E-state index in [1.54, 1.807) is 0 Å². The molecule has 1 atom stereocenters. The summed E-state index contributed by atoms with van der Waals surface area (Å²) in [5.74, 6) is -0.937. The molecule has 2 aliphatic rings. The molecule has 164 valence electrons. The SMILES string of the molecule is O=C1CC(=O)Nc2cc(S(=O)(=O)NC(CN3CCOCC3)c3ccccc3)ccc2N1. The number of carbonyl (C=O) groups is 2. The number of rotatable bonds is 6. The van der Waals surface area contributed by atoms with Gasteiger partial charge in [-0.3, -0.25) is 14.5 Å². The number of morpholine rings is 1. The van der Waals surface area contributed by atoms with Gasteiger partial charge in [-0.2, -0.15) is 0 Å². The van der Waals surface area contributed by atoms with Crippen molar-refractivity contribution in [3.63, 3.8) is 0 Å². The molecule has 1 saturated heterocycles. The van der Waals surface area contributed by atoms with Crippen LogP contribution in [0, 0.1) is 0 Å². The van der Waals surface area contributed by atoms with Gasteiger partial charge in [-0.1, -0.05) is 30.3 Å². The second-order valence-electron chi connectivity index (χ2n) is 7.48. The second kappa shape index (κ2) is 9.15. The van der Waals surface area contributed by atoms with Gasteiger partial charge in [-0.25, -0.2) is 13.1 Å². The summed E-state index contributed by atoms with van der Waals surface area (Å²) in [6.07, 6.45) is -0.315. The van der Waals surface area contributed by atoms with E-state index < -0.39 is 27.9 Å². The topological polar surface area (TPSA) is 117 Å². The molecule has 3 N–H and O–H groups in total. The highest BCUT2D eigenvalue weighted by molar-refractivity contribution is 7.89. The van der Waals surface area contributed by atoms with E-state index in [2.05, 4.69) is 20.3 Å². The maximum atomic E-state index is 13.2. The average molecular weight is 445 g/mol. The molecule has 2 aromatic rings. The van der Waals surface area contributed by atoms with Crippen molar-refractivity contribution in [3.05, 3.63) is 54.1 Å². The monoisotopic (exact) mass is 444 g/mol. The Morgan fingerprint density at radius 1 is 0.968 bits per heavy atom. The lowest BCUT2D eigenvalue weighted by molar-refractivity contribution is -0.123. The maximum absolute atomic E-state index is 13.2. The molecule has 1 fully saturated rings. The highest BCUT2D eigenvalue weighted by Gasteiger charge is 2.26. The predicted octanol–water partition coefficient (Wildman–Crippen LogP) is 1.32. The quantitative estimate of drug-likeness (QED) is 0.579. The minimum Gasteiger partial charge on any atom is -0.379 e. The van der Waals surface area contributed by atoms with Crippen LogP contribution in [0.15, 0.2) is 53.4 Å². The molecule has 9 nitrogen and oxygen atoms in total. The average Bonchev–Trinajstić information content (AvgIpc) is 2.90. The van der Waals surface area contributed by atoms with Crippen LogP contribution in [0.1, 0.15) is 18.0 Å². The highest BCUT2D eigenvalue weighted by atomic mass is 32.2. The lowest BCUT2D eigenvalue weighted by Crippen LogP contribution is -2.43. The Labute approximate surface area is 180 Å². The molecule has 0 saturated carbocycles. The van der Waals surface area contributed by atoms with Crippen LogP contribution >= 0.6 is 0 Å². The van der Waals surface area contributed by atoms with Crippen LogP contribution in [0.4, 0.5) is 11.4 Å². The maximum Gasteiger partial charge on any atom is 0.241 e. The molecular formula is C21H24N4O5S. The second-order valence-corrected chi connectivity index (χ2v) is 9.19. The first-order valence-electron chi connectivity index (χ1n) is 10.0. The van der Waals surface area contributed by atoms with Gasteiger partial charge in [0.2, 0.25) is 21.8 Å². The third-order valence-electron chi connectivity index (χ3n) is 5.21. The Morgan fingerprint density at radius 2 is 1.65 bits per heavy atom. The summed E-state index contributed by atoms with van der Waals surface area (Å²) in [5, 5.41) is 5.18. The first-order chi connectivity index (χ1) is 14.9. The van der Waals surface area contributed by atoms with E-state index in [0.29, 0.717) is 25.4 Å². The number of hydrogen-bond acceptors (Lipinski definition) is 6. The fourth-order valence-corrected chi connectivity index (χ4v) is 4.87. The fraction of sp³-hybridized carbons (Fsp3) is 0.333. The largest absolute Gasteiger partial charge is 0.379 e. The smallest absolute Gasteiger partial charge is 0.241 e. The van der Waals surface area contributed by atoms with Crippen molar-refractivity contribution < 1.29 is 22.7 Å². The van der Waals surface area contributed by atoms with Crippen LogP contribution in [0.2, 0.25) is 0 Å². The van der Waals surface area contributed by atoms with E-state index in [1.165, 1.54) is 18.2 Å². The van der Waals surface area contributed by atoms with Crippen molar-refractivity contribution in [2.75, 3.05) is 43.5 Å². The molecule has 1 unspecified atom stereocenters. The Morgan fingerprint density at radius 3 is 2.35 bits per heavy atom. The Bertz CT molecular complexity index is 1070. The number of carbonyl (C=O) groups excluding carboxylic acids is 2. The molecule has 0 aromatic heterocycles. The predicted molar refractivity (Wildman–Crippen MR) is 115 cm³/mol. The van der Waals surface area contributed by atoms with Gasteiger partial charge < -0.3 is 15.4 Å². The van der Waals surface area contributed by atoms with Gasteiger partial charge in [0.25, 0.3) is 0 Å². The van der Waals surface area contributed by atoms with Gasteiger partial charge in [-0.15, -0.1) is 0 Å². The van der Waals surface area contributed by atoms with Crippen molar-refractivity contribution in [1.29, 1.82) is 0 Å². The number of benzene rings is 2. The summed E-state index contributed by atoms with van der Waals surface area (Å²) >= 11 is 0. The molecule has 0 aliphatic carbocycles. The van der Waals surface area contributed by atoms with Crippen molar-refractivity contribution >= 4 is 33.2 Å². The third kappa shape index (κ3) is 5.28. The van der Waals surface area contributed by atoms with Crippen molar-refractivity contribution in [2.24, 2.45) is 0 Å². The zero-order chi connectivity index (χ0) is 21.8. The minimum atomic E-state index is -3.91. The van der Waals surface area contributed by atoms with Crippen molar-refractivity contribution in [2.45, 2.75) is 17.4 Å². The first-order valence-corrected chi connectivity index (χ1v) is 11.5. The van der Waals surface area contributed by atoms with Gasteiger partial charge in [0.1, 0.15) is 6.42 Å². The van der Waals surface area contributed by atoms with Crippen LogP contribution in [0.25, 0.3) is 0 Å². The van der Waals surface area contributed by atoms with Crippen molar-refractivity contribution in [1.82, 2.24) is 9.62 Å². The van der Waals surface area contributed by atoms with Gasteiger partial charge in [0.05, 0.1) is 35.5 Å². The molecule has 0 bridgehead atoms. The van der Waals surface area contributed by atoms with E-state index in [-0.39, 0.29) is 17.0 Å². The van der Waals surface area contributed by atoms with E-state index in [4.69, 9.17) is 4.74 Å². The Balaban J connectivity index is 1.60. The summed E-state index contributed by atoms with van der Waals surface area (Å²) in [6, 6.07) is 13.2. The van der Waals surface area contributed by atoms with Crippen LogP contribution in [0.5, 0.6) is 0 Å². The van der Waals surface area contributed by atoms with Crippen molar-refractivity contribution in [3.8, 4) is 0 Å². The van der Waals surface area contributed by atoms with Crippen LogP contribution in [0.3, 0.4) is 0 Å². The fourth-order valence-electron chi connectivity index (χ4n) is 3.63. The van der Waals surface area contributed by atoms with E-state index in [0.717, 1.165) is 18.7 Å². The molecule has 2 amide bonds. The molecule has 4 rings (SSSR count). The molecule has 2 heterocycles. The first kappa shape index (κ1) is 21.4. The number of nitrogens with one attached hydrogen (secondary N) is 3. The van der Waals surface area contributed by atoms with Crippen LogP contribution in [-0.2, 0) is 24.3 Å². The van der Waals surface area contributed by atoms with Gasteiger partial charge >= 0.3 is 0 Å². The van der Waals surface area contributed by atoms with Crippen LogP contribution < -0.4 is 15.4 Å². The zero-order valence-corrected chi connectivity index (χ0v) is 17.7. The number of nitrogens with zero attached hydrogens (tertiary/aromatic N) is 1. The number of amides is 2. The number of ether oxygens (including phenoxy) is 1. The molecule has 0 spiro atoms. The van der Waals surface area contributed by atoms with Gasteiger partial charge in [-0.05, 0) is 23.8 Å². The Hall–Kier alpha value is -2.79. The van der Waals surface area contributed by atoms with Gasteiger partial charge in [0, 0.05) is 19.6 Å². The minimum absolute atomic E-state index is 0.00519. The lowest BCUT2D eigenvalue weighted by atomic mass is 10.1. The van der Waals surface area contributed by atoms with E-state index in [1.807, 2.05) is 30.3 Å². The highest BCUT2D eigenvalue weighted by Crippen LogP contribution is 2.28. The Kier molecular flexibility index (Phi) is 6.33.